The molecule has 0 saturated carbocycles. The molecule has 1 amide bonds. The third-order valence-corrected chi connectivity index (χ3v) is 4.24. The Morgan fingerprint density at radius 1 is 1.11 bits per heavy atom. The fourth-order valence-corrected chi connectivity index (χ4v) is 2.84. The van der Waals surface area contributed by atoms with Gasteiger partial charge < -0.3 is 14.4 Å². The summed E-state index contributed by atoms with van der Waals surface area (Å²) in [6.07, 6.45) is 3.40. The molecule has 7 heteroatoms. The van der Waals surface area contributed by atoms with Gasteiger partial charge in [-0.25, -0.2) is 4.98 Å². The van der Waals surface area contributed by atoms with E-state index < -0.39 is 0 Å². The predicted molar refractivity (Wildman–Crippen MR) is 99.4 cm³/mol. The number of carbonyl (C=O) groups is 2. The number of nitrogens with one attached hydrogen (secondary N) is 1. The Balaban J connectivity index is 1.44. The average Bonchev–Trinajstić information content (AvgIpc) is 3.28. The Morgan fingerprint density at radius 3 is 2.63 bits per heavy atom. The number of para-hydroxylation sites is 1. The molecule has 0 unspecified atom stereocenters. The van der Waals surface area contributed by atoms with Crippen LogP contribution in [0.25, 0.3) is 11.0 Å². The molecule has 4 aromatic rings. The van der Waals surface area contributed by atoms with Gasteiger partial charge >= 0.3 is 0 Å². The van der Waals surface area contributed by atoms with Crippen LogP contribution >= 0.6 is 0 Å². The molecule has 2 aromatic carbocycles. The van der Waals surface area contributed by atoms with Crippen LogP contribution in [0.3, 0.4) is 0 Å². The van der Waals surface area contributed by atoms with Gasteiger partial charge in [0.15, 0.2) is 11.4 Å². The molecular weight excluding hydrogens is 344 g/mol. The summed E-state index contributed by atoms with van der Waals surface area (Å²) in [7, 11) is 1.77. The van der Waals surface area contributed by atoms with Crippen molar-refractivity contribution >= 4 is 28.3 Å². The third kappa shape index (κ3) is 3.35. The van der Waals surface area contributed by atoms with E-state index in [0.29, 0.717) is 28.4 Å². The smallest absolute Gasteiger partial charge is 0.230 e. The zero-order valence-corrected chi connectivity index (χ0v) is 14.5. The second-order valence-corrected chi connectivity index (χ2v) is 6.12. The lowest BCUT2D eigenvalue weighted by atomic mass is 10.1. The molecule has 4 rings (SSSR count). The summed E-state index contributed by atoms with van der Waals surface area (Å²) < 4.78 is 6.88. The van der Waals surface area contributed by atoms with Gasteiger partial charge in [-0.3, -0.25) is 9.59 Å². The highest BCUT2D eigenvalue weighted by Crippen LogP contribution is 2.19. The van der Waals surface area contributed by atoms with E-state index in [2.05, 4.69) is 15.5 Å². The highest BCUT2D eigenvalue weighted by atomic mass is 16.5. The summed E-state index contributed by atoms with van der Waals surface area (Å²) in [5.41, 5.74) is 2.34. The largest absolute Gasteiger partial charge is 0.356 e. The first-order valence-electron chi connectivity index (χ1n) is 8.37. The Hall–Kier alpha value is -3.74. The molecule has 1 N–H and O–H groups in total. The van der Waals surface area contributed by atoms with Crippen LogP contribution < -0.4 is 5.32 Å². The molecule has 7 nitrogen and oxygen atoms in total. The number of aromatic nitrogens is 3. The number of amides is 1. The number of anilines is 1. The van der Waals surface area contributed by atoms with Crippen molar-refractivity contribution in [1.82, 2.24) is 14.7 Å². The molecule has 134 valence electrons. The van der Waals surface area contributed by atoms with Gasteiger partial charge in [0.2, 0.25) is 11.7 Å². The first kappa shape index (κ1) is 16.7. The quantitative estimate of drug-likeness (QED) is 0.553. The Kier molecular flexibility index (Phi) is 4.25. The molecule has 0 bridgehead atoms. The Morgan fingerprint density at radius 2 is 1.89 bits per heavy atom. The van der Waals surface area contributed by atoms with Crippen LogP contribution in [0.2, 0.25) is 0 Å². The predicted octanol–water partition coefficient (Wildman–Crippen LogP) is 2.97. The second kappa shape index (κ2) is 6.87. The molecule has 2 aromatic heterocycles. The zero-order valence-electron chi connectivity index (χ0n) is 14.5. The summed E-state index contributed by atoms with van der Waals surface area (Å²) in [5.74, 6) is -0.0172. The van der Waals surface area contributed by atoms with Crippen LogP contribution in [0, 0.1) is 0 Å². The number of fused-ring (bicyclic) bond motifs is 1. The number of hydrogen-bond acceptors (Lipinski definition) is 5. The third-order valence-electron chi connectivity index (χ3n) is 4.24. The number of nitrogens with zero attached hydrogens (tertiary/aromatic N) is 3. The van der Waals surface area contributed by atoms with Crippen LogP contribution in [0.4, 0.5) is 5.69 Å². The molecule has 27 heavy (non-hydrogen) atoms. The van der Waals surface area contributed by atoms with Crippen molar-refractivity contribution < 1.29 is 14.1 Å². The van der Waals surface area contributed by atoms with Gasteiger partial charge in [-0.05, 0) is 36.4 Å². The van der Waals surface area contributed by atoms with E-state index >= 15 is 0 Å². The van der Waals surface area contributed by atoms with Gasteiger partial charge in [-0.2, -0.15) is 0 Å². The minimum Gasteiger partial charge on any atom is -0.356 e. The SMILES string of the molecule is Cn1ccnc1C(=O)c1ccc(NC(=O)Cc2noc3ccccc23)cc1. The lowest BCUT2D eigenvalue weighted by molar-refractivity contribution is -0.115. The van der Waals surface area contributed by atoms with E-state index in [1.165, 1.54) is 0 Å². The molecule has 0 fully saturated rings. The Labute approximate surface area is 154 Å². The summed E-state index contributed by atoms with van der Waals surface area (Å²) in [6.45, 7) is 0. The number of rotatable bonds is 5. The monoisotopic (exact) mass is 360 g/mol. The molecule has 0 aliphatic heterocycles. The lowest BCUT2D eigenvalue weighted by Gasteiger charge is -2.06. The van der Waals surface area contributed by atoms with Gasteiger partial charge in [0, 0.05) is 36.1 Å². The van der Waals surface area contributed by atoms with Crippen LogP contribution in [-0.2, 0) is 18.3 Å². The number of hydrogen-bond donors (Lipinski definition) is 1. The summed E-state index contributed by atoms with van der Waals surface area (Å²) >= 11 is 0. The molecule has 2 heterocycles. The average molecular weight is 360 g/mol. The van der Waals surface area contributed by atoms with Crippen molar-refractivity contribution in [2.45, 2.75) is 6.42 Å². The normalized spacial score (nSPS) is 10.9. The van der Waals surface area contributed by atoms with Gasteiger partial charge in [0.1, 0.15) is 5.69 Å². The van der Waals surface area contributed by atoms with E-state index in [4.69, 9.17) is 4.52 Å². The van der Waals surface area contributed by atoms with E-state index in [1.54, 1.807) is 54.3 Å². The van der Waals surface area contributed by atoms with Crippen LogP contribution in [0.1, 0.15) is 21.9 Å². The van der Waals surface area contributed by atoms with Gasteiger partial charge in [-0.15, -0.1) is 0 Å². The summed E-state index contributed by atoms with van der Waals surface area (Å²) in [5, 5.41) is 7.59. The molecular formula is C20H16N4O3. The van der Waals surface area contributed by atoms with Gasteiger partial charge in [0.25, 0.3) is 0 Å². The van der Waals surface area contributed by atoms with Crippen LogP contribution in [0.15, 0.2) is 65.4 Å². The summed E-state index contributed by atoms with van der Waals surface area (Å²) in [4.78, 5) is 28.8. The van der Waals surface area contributed by atoms with E-state index in [0.717, 1.165) is 5.39 Å². The van der Waals surface area contributed by atoms with Crippen molar-refractivity contribution in [3.8, 4) is 0 Å². The second-order valence-electron chi connectivity index (χ2n) is 6.12. The number of imidazole rings is 1. The highest BCUT2D eigenvalue weighted by Gasteiger charge is 2.15. The van der Waals surface area contributed by atoms with Crippen LogP contribution in [-0.4, -0.2) is 26.4 Å². The molecule has 0 radical (unpaired) electrons. The molecule has 0 aliphatic rings. The van der Waals surface area contributed by atoms with Gasteiger partial charge in [-0.1, -0.05) is 17.3 Å². The van der Waals surface area contributed by atoms with E-state index in [-0.39, 0.29) is 18.1 Å². The van der Waals surface area contributed by atoms with Crippen molar-refractivity contribution in [2.24, 2.45) is 7.05 Å². The van der Waals surface area contributed by atoms with Crippen LogP contribution in [0.5, 0.6) is 0 Å². The first-order chi connectivity index (χ1) is 13.1. The summed E-state index contributed by atoms with van der Waals surface area (Å²) in [6, 6.07) is 14.1. The maximum absolute atomic E-state index is 12.4. The molecule has 0 aliphatic carbocycles. The fourth-order valence-electron chi connectivity index (χ4n) is 2.84. The standard InChI is InChI=1S/C20H16N4O3/c1-24-11-10-21-20(24)19(26)13-6-8-14(9-7-13)22-18(25)12-16-15-4-2-3-5-17(15)27-23-16/h2-11H,12H2,1H3,(H,22,25). The minimum atomic E-state index is -0.211. The molecule has 0 saturated heterocycles. The first-order valence-corrected chi connectivity index (χ1v) is 8.37. The maximum atomic E-state index is 12.4. The van der Waals surface area contributed by atoms with E-state index in [9.17, 15) is 9.59 Å². The van der Waals surface area contributed by atoms with Gasteiger partial charge in [0.05, 0.1) is 6.42 Å². The fraction of sp³-hybridized carbons (Fsp3) is 0.100. The number of benzene rings is 2. The zero-order chi connectivity index (χ0) is 18.8. The Bertz CT molecular complexity index is 1130. The highest BCUT2D eigenvalue weighted by molar-refractivity contribution is 6.07. The van der Waals surface area contributed by atoms with Crippen molar-refractivity contribution in [3.05, 3.63) is 78.0 Å². The molecule has 0 atom stereocenters. The number of aryl methyl sites for hydroxylation is 1. The topological polar surface area (TPSA) is 90.0 Å². The maximum Gasteiger partial charge on any atom is 0.230 e. The lowest BCUT2D eigenvalue weighted by Crippen LogP contribution is -2.15. The number of ketones is 1. The molecule has 0 spiro atoms. The van der Waals surface area contributed by atoms with Crippen molar-refractivity contribution in [1.29, 1.82) is 0 Å². The minimum absolute atomic E-state index is 0.102. The van der Waals surface area contributed by atoms with Crippen molar-refractivity contribution in [3.63, 3.8) is 0 Å². The number of carbonyl (C=O) groups excluding carboxylic acids is 2. The van der Waals surface area contributed by atoms with Crippen molar-refractivity contribution in [2.75, 3.05) is 5.32 Å². The van der Waals surface area contributed by atoms with E-state index in [1.807, 2.05) is 18.2 Å².